The highest BCUT2D eigenvalue weighted by atomic mass is 32.1. The molecule has 0 atom stereocenters. The first-order valence-electron chi connectivity index (χ1n) is 11.2. The van der Waals surface area contributed by atoms with Gasteiger partial charge in [0.25, 0.3) is 0 Å². The quantitative estimate of drug-likeness (QED) is 0.443. The molecule has 1 N–H and O–H groups in total. The van der Waals surface area contributed by atoms with E-state index in [2.05, 4.69) is 5.32 Å². The van der Waals surface area contributed by atoms with Gasteiger partial charge in [-0.2, -0.15) is 0 Å². The molecular weight excluding hydrogens is 453 g/mol. The summed E-state index contributed by atoms with van der Waals surface area (Å²) in [7, 11) is 1.57. The Morgan fingerprint density at radius 3 is 2.53 bits per heavy atom. The first-order chi connectivity index (χ1) is 16.4. The van der Waals surface area contributed by atoms with Crippen LogP contribution in [0.3, 0.4) is 0 Å². The highest BCUT2D eigenvalue weighted by Crippen LogP contribution is 2.28. The summed E-state index contributed by atoms with van der Waals surface area (Å²) in [6.45, 7) is 2.78. The van der Waals surface area contributed by atoms with Gasteiger partial charge in [-0.25, -0.2) is 9.18 Å². The first kappa shape index (κ1) is 23.8. The van der Waals surface area contributed by atoms with Crippen LogP contribution in [0.4, 0.5) is 14.9 Å². The number of aryl methyl sites for hydroxylation is 1. The van der Waals surface area contributed by atoms with Crippen LogP contribution in [0.15, 0.2) is 60.0 Å². The van der Waals surface area contributed by atoms with Gasteiger partial charge in [0.15, 0.2) is 0 Å². The second-order valence-electron chi connectivity index (χ2n) is 8.42. The van der Waals surface area contributed by atoms with Gasteiger partial charge in [-0.1, -0.05) is 18.2 Å². The molecule has 1 aliphatic rings. The standard InChI is InChI=1S/C26H28FN3O3S/c1-18-12-13-34-24(18)16-29(15-19-6-8-20(27)9-7-19)25(31)17-30(22-10-11-22)26(32)28-21-4-3-5-23(14-21)33-2/h3-9,12-14,22H,10-11,15-17H2,1-2H3,(H,28,32). The lowest BCUT2D eigenvalue weighted by Crippen LogP contribution is -2.45. The van der Waals surface area contributed by atoms with Gasteiger partial charge in [-0.05, 0) is 66.6 Å². The van der Waals surface area contributed by atoms with Crippen molar-refractivity contribution in [3.63, 3.8) is 0 Å². The molecule has 4 rings (SSSR count). The third-order valence-electron chi connectivity index (χ3n) is 5.82. The van der Waals surface area contributed by atoms with Crippen molar-refractivity contribution < 1.29 is 18.7 Å². The van der Waals surface area contributed by atoms with Crippen molar-refractivity contribution in [1.29, 1.82) is 0 Å². The molecule has 1 saturated carbocycles. The Morgan fingerprint density at radius 2 is 1.88 bits per heavy atom. The summed E-state index contributed by atoms with van der Waals surface area (Å²) < 4.78 is 18.6. The molecule has 178 valence electrons. The van der Waals surface area contributed by atoms with E-state index in [1.807, 2.05) is 18.4 Å². The summed E-state index contributed by atoms with van der Waals surface area (Å²) in [6, 6.07) is 15.1. The van der Waals surface area contributed by atoms with E-state index in [9.17, 15) is 14.0 Å². The highest BCUT2D eigenvalue weighted by molar-refractivity contribution is 7.10. The van der Waals surface area contributed by atoms with Gasteiger partial charge in [0.1, 0.15) is 18.1 Å². The minimum atomic E-state index is -0.315. The van der Waals surface area contributed by atoms with Crippen molar-refractivity contribution in [3.8, 4) is 5.75 Å². The average Bonchev–Trinajstić information content (AvgIpc) is 3.60. The van der Waals surface area contributed by atoms with Crippen molar-refractivity contribution in [2.75, 3.05) is 19.0 Å². The second-order valence-corrected chi connectivity index (χ2v) is 9.42. The van der Waals surface area contributed by atoms with E-state index in [1.165, 1.54) is 12.1 Å². The van der Waals surface area contributed by atoms with E-state index in [4.69, 9.17) is 4.74 Å². The monoisotopic (exact) mass is 481 g/mol. The van der Waals surface area contributed by atoms with Crippen LogP contribution in [-0.4, -0.2) is 41.4 Å². The topological polar surface area (TPSA) is 61.9 Å². The fraction of sp³-hybridized carbons (Fsp3) is 0.308. The van der Waals surface area contributed by atoms with Crippen LogP contribution in [0, 0.1) is 12.7 Å². The minimum absolute atomic E-state index is 0.0217. The predicted octanol–water partition coefficient (Wildman–Crippen LogP) is 5.43. The number of thiophene rings is 1. The van der Waals surface area contributed by atoms with Crippen LogP contribution in [0.2, 0.25) is 0 Å². The fourth-order valence-electron chi connectivity index (χ4n) is 3.68. The zero-order valence-electron chi connectivity index (χ0n) is 19.3. The summed E-state index contributed by atoms with van der Waals surface area (Å²) in [4.78, 5) is 31.0. The van der Waals surface area contributed by atoms with Crippen LogP contribution >= 0.6 is 11.3 Å². The zero-order chi connectivity index (χ0) is 24.1. The number of amides is 3. The summed E-state index contributed by atoms with van der Waals surface area (Å²) >= 11 is 1.60. The lowest BCUT2D eigenvalue weighted by molar-refractivity contribution is -0.133. The normalized spacial score (nSPS) is 12.8. The number of urea groups is 1. The van der Waals surface area contributed by atoms with E-state index in [-0.39, 0.29) is 30.3 Å². The van der Waals surface area contributed by atoms with Crippen LogP contribution in [0.1, 0.15) is 28.8 Å². The predicted molar refractivity (Wildman–Crippen MR) is 131 cm³/mol. The summed E-state index contributed by atoms with van der Waals surface area (Å²) in [5.74, 6) is 0.179. The number of nitrogens with zero attached hydrogens (tertiary/aromatic N) is 2. The summed E-state index contributed by atoms with van der Waals surface area (Å²) in [5, 5.41) is 4.89. The number of carbonyl (C=O) groups is 2. The molecule has 6 nitrogen and oxygen atoms in total. The smallest absolute Gasteiger partial charge is 0.322 e. The van der Waals surface area contributed by atoms with Gasteiger partial charge in [0.05, 0.1) is 13.7 Å². The van der Waals surface area contributed by atoms with Gasteiger partial charge in [-0.3, -0.25) is 4.79 Å². The third-order valence-corrected chi connectivity index (χ3v) is 6.82. The number of halogens is 1. The Hall–Kier alpha value is -3.39. The van der Waals surface area contributed by atoms with Gasteiger partial charge in [-0.15, -0.1) is 11.3 Å². The lowest BCUT2D eigenvalue weighted by Gasteiger charge is -2.28. The third kappa shape index (κ3) is 6.14. The number of methoxy groups -OCH3 is 1. The van der Waals surface area contributed by atoms with Gasteiger partial charge in [0.2, 0.25) is 5.91 Å². The van der Waals surface area contributed by atoms with E-state index < -0.39 is 0 Å². The molecule has 8 heteroatoms. The number of hydrogen-bond acceptors (Lipinski definition) is 4. The average molecular weight is 482 g/mol. The van der Waals surface area contributed by atoms with E-state index in [0.29, 0.717) is 24.5 Å². The van der Waals surface area contributed by atoms with Crippen molar-refractivity contribution in [1.82, 2.24) is 9.80 Å². The van der Waals surface area contributed by atoms with Crippen molar-refractivity contribution in [2.24, 2.45) is 0 Å². The molecule has 0 bridgehead atoms. The number of benzene rings is 2. The molecule has 0 saturated heterocycles. The Bertz CT molecular complexity index is 1140. The molecule has 3 amide bonds. The molecule has 34 heavy (non-hydrogen) atoms. The highest BCUT2D eigenvalue weighted by Gasteiger charge is 2.35. The van der Waals surface area contributed by atoms with E-state index in [0.717, 1.165) is 28.8 Å². The van der Waals surface area contributed by atoms with Crippen molar-refractivity contribution >= 4 is 29.0 Å². The maximum Gasteiger partial charge on any atom is 0.322 e. The maximum absolute atomic E-state index is 13.5. The van der Waals surface area contributed by atoms with Crippen LogP contribution < -0.4 is 10.1 Å². The Labute approximate surface area is 203 Å². The maximum atomic E-state index is 13.5. The lowest BCUT2D eigenvalue weighted by atomic mass is 10.2. The van der Waals surface area contributed by atoms with E-state index in [1.54, 1.807) is 64.6 Å². The molecule has 0 radical (unpaired) electrons. The SMILES string of the molecule is COc1cccc(NC(=O)N(CC(=O)N(Cc2ccc(F)cc2)Cc2sccc2C)C2CC2)c1. The number of anilines is 1. The molecule has 2 aromatic carbocycles. The molecule has 1 aliphatic carbocycles. The number of hydrogen-bond donors (Lipinski definition) is 1. The van der Waals surface area contributed by atoms with Crippen LogP contribution in [-0.2, 0) is 17.9 Å². The van der Waals surface area contributed by atoms with Gasteiger partial charge in [0, 0.05) is 29.2 Å². The zero-order valence-corrected chi connectivity index (χ0v) is 20.1. The molecule has 3 aromatic rings. The Kier molecular flexibility index (Phi) is 7.47. The van der Waals surface area contributed by atoms with Gasteiger partial charge >= 0.3 is 6.03 Å². The second kappa shape index (κ2) is 10.7. The Morgan fingerprint density at radius 1 is 1.12 bits per heavy atom. The van der Waals surface area contributed by atoms with Crippen LogP contribution in [0.5, 0.6) is 5.75 Å². The van der Waals surface area contributed by atoms with Crippen molar-refractivity contribution in [3.05, 3.63) is 81.8 Å². The fourth-order valence-corrected chi connectivity index (χ4v) is 4.60. The number of ether oxygens (including phenoxy) is 1. The molecular formula is C26H28FN3O3S. The minimum Gasteiger partial charge on any atom is -0.497 e. The molecule has 0 aliphatic heterocycles. The molecule has 0 unspecified atom stereocenters. The molecule has 1 aromatic heterocycles. The molecule has 0 spiro atoms. The summed E-state index contributed by atoms with van der Waals surface area (Å²) in [5.41, 5.74) is 2.57. The van der Waals surface area contributed by atoms with Gasteiger partial charge < -0.3 is 19.9 Å². The first-order valence-corrected chi connectivity index (χ1v) is 12.1. The molecule has 1 heterocycles. The number of carbonyl (C=O) groups excluding carboxylic acids is 2. The molecule has 1 fully saturated rings. The van der Waals surface area contributed by atoms with E-state index >= 15 is 0 Å². The summed E-state index contributed by atoms with van der Waals surface area (Å²) in [6.07, 6.45) is 1.75. The Balaban J connectivity index is 1.49. The number of nitrogens with one attached hydrogen (secondary N) is 1. The van der Waals surface area contributed by atoms with Crippen LogP contribution in [0.25, 0.3) is 0 Å². The number of rotatable bonds is 9. The largest absolute Gasteiger partial charge is 0.497 e. The van der Waals surface area contributed by atoms with Crippen molar-refractivity contribution in [2.45, 2.75) is 38.9 Å².